The van der Waals surface area contributed by atoms with Crippen LogP contribution in [0.5, 0.6) is 0 Å². The Kier molecular flexibility index (Phi) is 4.40. The molecule has 140 valence electrons. The largest absolute Gasteiger partial charge is 0.290 e. The first-order chi connectivity index (χ1) is 12.5. The Balaban J connectivity index is 1.48. The van der Waals surface area contributed by atoms with Crippen molar-refractivity contribution in [1.29, 1.82) is 0 Å². The molecule has 2 spiro atoms. The number of nitrogens with zero attached hydrogens (tertiary/aromatic N) is 2. The number of azo groups is 1. The van der Waals surface area contributed by atoms with Crippen molar-refractivity contribution in [1.82, 2.24) is 0 Å². The van der Waals surface area contributed by atoms with E-state index < -0.39 is 34.5 Å². The molecule has 0 bridgehead atoms. The van der Waals surface area contributed by atoms with Crippen molar-refractivity contribution in [3.8, 4) is 0 Å². The highest BCUT2D eigenvalue weighted by atomic mass is 16.2. The number of ketones is 4. The quantitative estimate of drug-likeness (QED) is 0.560. The maximum atomic E-state index is 12.5. The van der Waals surface area contributed by atoms with Gasteiger partial charge in [-0.05, 0) is 38.5 Å². The molecule has 0 radical (unpaired) electrons. The summed E-state index contributed by atoms with van der Waals surface area (Å²) in [6.45, 7) is 0. The second kappa shape index (κ2) is 6.46. The van der Waals surface area contributed by atoms with Gasteiger partial charge in [0.05, 0.1) is 0 Å². The van der Waals surface area contributed by atoms with Crippen molar-refractivity contribution in [2.24, 2.45) is 21.1 Å². The van der Waals surface area contributed by atoms with E-state index in [4.69, 9.17) is 0 Å². The summed E-state index contributed by atoms with van der Waals surface area (Å²) in [7, 11) is 0. The number of rotatable bonds is 2. The summed E-state index contributed by atoms with van der Waals surface area (Å²) in [5.41, 5.74) is -1.09. The lowest BCUT2D eigenvalue weighted by atomic mass is 9.72. The fourth-order valence-electron chi connectivity index (χ4n) is 5.60. The third-order valence-electron chi connectivity index (χ3n) is 7.15. The van der Waals surface area contributed by atoms with E-state index in [1.54, 1.807) is 0 Å². The highest BCUT2D eigenvalue weighted by molar-refractivity contribution is 6.44. The van der Waals surface area contributed by atoms with Crippen LogP contribution >= 0.6 is 0 Å². The first-order valence-electron chi connectivity index (χ1n) is 10.0. The summed E-state index contributed by atoms with van der Waals surface area (Å²) in [4.78, 5) is 49.7. The van der Waals surface area contributed by atoms with Gasteiger partial charge < -0.3 is 0 Å². The summed E-state index contributed by atoms with van der Waals surface area (Å²) in [5.74, 6) is -1.50. The molecule has 0 N–H and O–H groups in total. The SMILES string of the molecule is O=C1C(=O)C2(CCCCC2)CC1N=NC1CC2(CCCCC2)C(=O)C1=O. The average molecular weight is 358 g/mol. The monoisotopic (exact) mass is 358 g/mol. The number of Topliss-reactive ketones (excluding diaryl/α,β-unsaturated/α-hetero) is 4. The maximum absolute atomic E-state index is 12.5. The zero-order valence-corrected chi connectivity index (χ0v) is 15.2. The van der Waals surface area contributed by atoms with Gasteiger partial charge in [0.15, 0.2) is 0 Å². The van der Waals surface area contributed by atoms with Crippen LogP contribution in [-0.2, 0) is 19.2 Å². The van der Waals surface area contributed by atoms with Gasteiger partial charge in [0.1, 0.15) is 12.1 Å². The van der Waals surface area contributed by atoms with E-state index in [1.165, 1.54) is 0 Å². The Bertz CT molecular complexity index is 626. The molecule has 0 saturated heterocycles. The van der Waals surface area contributed by atoms with Crippen LogP contribution in [0.25, 0.3) is 0 Å². The van der Waals surface area contributed by atoms with Crippen molar-refractivity contribution >= 4 is 23.1 Å². The van der Waals surface area contributed by atoms with E-state index in [0.29, 0.717) is 12.8 Å². The lowest BCUT2D eigenvalue weighted by Gasteiger charge is -2.30. The van der Waals surface area contributed by atoms with Crippen LogP contribution in [0.3, 0.4) is 0 Å². The van der Waals surface area contributed by atoms with E-state index in [2.05, 4.69) is 10.2 Å². The fraction of sp³-hybridized carbons (Fsp3) is 0.800. The summed E-state index contributed by atoms with van der Waals surface area (Å²) >= 11 is 0. The van der Waals surface area contributed by atoms with E-state index in [-0.39, 0.29) is 11.6 Å². The van der Waals surface area contributed by atoms with Crippen molar-refractivity contribution < 1.29 is 19.2 Å². The second-order valence-electron chi connectivity index (χ2n) is 8.74. The Morgan fingerprint density at radius 1 is 0.577 bits per heavy atom. The van der Waals surface area contributed by atoms with Gasteiger partial charge in [-0.1, -0.05) is 38.5 Å². The molecule has 2 atom stereocenters. The number of carbonyl (C=O) groups excluding carboxylic acids is 4. The van der Waals surface area contributed by atoms with Crippen LogP contribution in [0.1, 0.15) is 77.0 Å². The molecule has 4 saturated carbocycles. The van der Waals surface area contributed by atoms with Crippen molar-refractivity contribution in [2.45, 2.75) is 89.1 Å². The van der Waals surface area contributed by atoms with Crippen molar-refractivity contribution in [2.75, 3.05) is 0 Å². The van der Waals surface area contributed by atoms with E-state index in [9.17, 15) is 19.2 Å². The minimum absolute atomic E-state index is 0.293. The second-order valence-corrected chi connectivity index (χ2v) is 8.74. The van der Waals surface area contributed by atoms with Crippen molar-refractivity contribution in [3.05, 3.63) is 0 Å². The standard InChI is InChI=1S/C20H26N2O4/c23-15-13(11-19(17(15)25)7-3-1-4-8-19)21-22-14-12-20(18(26)16(14)24)9-5-2-6-10-20/h13-14H,1-12H2. The fourth-order valence-corrected chi connectivity index (χ4v) is 5.60. The topological polar surface area (TPSA) is 93.0 Å². The van der Waals surface area contributed by atoms with Gasteiger partial charge in [0, 0.05) is 10.8 Å². The molecular weight excluding hydrogens is 332 g/mol. The molecule has 26 heavy (non-hydrogen) atoms. The normalized spacial score (nSPS) is 33.8. The molecule has 0 amide bonds. The molecule has 2 unspecified atom stereocenters. The predicted molar refractivity (Wildman–Crippen MR) is 92.7 cm³/mol. The van der Waals surface area contributed by atoms with Crippen LogP contribution in [0, 0.1) is 10.8 Å². The number of hydrogen-bond acceptors (Lipinski definition) is 6. The number of carbonyl (C=O) groups is 4. The van der Waals surface area contributed by atoms with Crippen LogP contribution < -0.4 is 0 Å². The summed E-state index contributed by atoms with van der Waals surface area (Å²) < 4.78 is 0. The molecule has 4 rings (SSSR count). The summed E-state index contributed by atoms with van der Waals surface area (Å²) in [6.07, 6.45) is 9.99. The highest BCUT2D eigenvalue weighted by Gasteiger charge is 2.55. The van der Waals surface area contributed by atoms with Gasteiger partial charge in [0.2, 0.25) is 23.1 Å². The molecule has 0 aliphatic heterocycles. The van der Waals surface area contributed by atoms with Crippen LogP contribution in [0.15, 0.2) is 10.2 Å². The molecule has 0 aromatic heterocycles. The van der Waals surface area contributed by atoms with Gasteiger partial charge in [-0.2, -0.15) is 10.2 Å². The Labute approximate surface area is 153 Å². The minimum Gasteiger partial charge on any atom is -0.290 e. The molecule has 0 aromatic carbocycles. The molecule has 0 heterocycles. The van der Waals surface area contributed by atoms with Gasteiger partial charge in [-0.3, -0.25) is 19.2 Å². The first-order valence-corrected chi connectivity index (χ1v) is 10.0. The molecular formula is C20H26N2O4. The van der Waals surface area contributed by atoms with Crippen LogP contribution in [0.2, 0.25) is 0 Å². The van der Waals surface area contributed by atoms with Crippen LogP contribution in [-0.4, -0.2) is 35.2 Å². The zero-order valence-electron chi connectivity index (χ0n) is 15.2. The van der Waals surface area contributed by atoms with Crippen LogP contribution in [0.4, 0.5) is 0 Å². The third kappa shape index (κ3) is 2.69. The summed E-state index contributed by atoms with van der Waals surface area (Å²) in [6, 6.07) is -1.52. The Hall–Kier alpha value is -1.72. The van der Waals surface area contributed by atoms with Gasteiger partial charge in [-0.25, -0.2) is 0 Å². The predicted octanol–water partition coefficient (Wildman–Crippen LogP) is 3.16. The molecule has 6 nitrogen and oxygen atoms in total. The van der Waals surface area contributed by atoms with E-state index in [1.807, 2.05) is 0 Å². The lowest BCUT2D eigenvalue weighted by Crippen LogP contribution is -2.31. The Morgan fingerprint density at radius 2 is 0.923 bits per heavy atom. The zero-order chi connectivity index (χ0) is 18.4. The molecule has 4 aliphatic carbocycles. The first kappa shape index (κ1) is 17.7. The molecule has 4 fully saturated rings. The molecule has 0 aromatic rings. The molecule has 6 heteroatoms. The lowest BCUT2D eigenvalue weighted by molar-refractivity contribution is -0.139. The third-order valence-corrected chi connectivity index (χ3v) is 7.15. The van der Waals surface area contributed by atoms with Gasteiger partial charge in [-0.15, -0.1) is 0 Å². The van der Waals surface area contributed by atoms with Gasteiger partial charge in [0.25, 0.3) is 0 Å². The summed E-state index contributed by atoms with van der Waals surface area (Å²) in [5, 5.41) is 8.26. The van der Waals surface area contributed by atoms with E-state index in [0.717, 1.165) is 64.2 Å². The average Bonchev–Trinajstić information content (AvgIpc) is 3.03. The highest BCUT2D eigenvalue weighted by Crippen LogP contribution is 2.48. The number of hydrogen-bond donors (Lipinski definition) is 0. The van der Waals surface area contributed by atoms with Gasteiger partial charge >= 0.3 is 0 Å². The van der Waals surface area contributed by atoms with E-state index >= 15 is 0 Å². The smallest absolute Gasteiger partial charge is 0.225 e. The van der Waals surface area contributed by atoms with Crippen molar-refractivity contribution in [3.63, 3.8) is 0 Å². The maximum Gasteiger partial charge on any atom is 0.225 e. The Morgan fingerprint density at radius 3 is 1.27 bits per heavy atom. The molecule has 4 aliphatic rings. The minimum atomic E-state index is -0.758.